The van der Waals surface area contributed by atoms with Gasteiger partial charge in [-0.05, 0) is 43.3 Å². The first kappa shape index (κ1) is 14.2. The molecule has 0 saturated carbocycles. The van der Waals surface area contributed by atoms with Gasteiger partial charge in [-0.15, -0.1) is 0 Å². The summed E-state index contributed by atoms with van der Waals surface area (Å²) < 4.78 is 13.3. The SMILES string of the molecule is COC(CCCn1c(=S)[nH]c2ccc(C)cc21)OC. The van der Waals surface area contributed by atoms with Crippen LogP contribution in [-0.2, 0) is 16.0 Å². The van der Waals surface area contributed by atoms with Gasteiger partial charge in [-0.25, -0.2) is 0 Å². The summed E-state index contributed by atoms with van der Waals surface area (Å²) >= 11 is 5.38. The summed E-state index contributed by atoms with van der Waals surface area (Å²) in [7, 11) is 3.32. The molecular formula is C14H20N2O2S. The zero-order chi connectivity index (χ0) is 13.8. The van der Waals surface area contributed by atoms with Gasteiger partial charge in [0, 0.05) is 27.2 Å². The Hall–Kier alpha value is -1.17. The smallest absolute Gasteiger partial charge is 0.178 e. The second-order valence-electron chi connectivity index (χ2n) is 4.65. The van der Waals surface area contributed by atoms with Gasteiger partial charge in [0.2, 0.25) is 0 Å². The number of nitrogens with zero attached hydrogens (tertiary/aromatic N) is 1. The number of rotatable bonds is 6. The van der Waals surface area contributed by atoms with Gasteiger partial charge in [0.15, 0.2) is 11.1 Å². The van der Waals surface area contributed by atoms with E-state index in [0.717, 1.165) is 35.2 Å². The van der Waals surface area contributed by atoms with Crippen LogP contribution in [-0.4, -0.2) is 30.1 Å². The average molecular weight is 280 g/mol. The number of nitrogens with one attached hydrogen (secondary N) is 1. The molecule has 0 saturated heterocycles. The van der Waals surface area contributed by atoms with Crippen LogP contribution < -0.4 is 0 Å². The van der Waals surface area contributed by atoms with Crippen molar-refractivity contribution in [1.82, 2.24) is 9.55 Å². The summed E-state index contributed by atoms with van der Waals surface area (Å²) in [6, 6.07) is 6.32. The van der Waals surface area contributed by atoms with Crippen molar-refractivity contribution in [1.29, 1.82) is 0 Å². The van der Waals surface area contributed by atoms with Crippen LogP contribution >= 0.6 is 12.2 Å². The molecule has 0 fully saturated rings. The zero-order valence-electron chi connectivity index (χ0n) is 11.6. The van der Waals surface area contributed by atoms with Gasteiger partial charge in [-0.3, -0.25) is 0 Å². The molecule has 0 unspecified atom stereocenters. The Bertz CT molecular complexity index is 599. The highest BCUT2D eigenvalue weighted by atomic mass is 32.1. The van der Waals surface area contributed by atoms with Crippen molar-refractivity contribution in [2.45, 2.75) is 32.6 Å². The number of hydrogen-bond acceptors (Lipinski definition) is 3. The van der Waals surface area contributed by atoms with Crippen LogP contribution in [0.1, 0.15) is 18.4 Å². The van der Waals surface area contributed by atoms with E-state index >= 15 is 0 Å². The maximum atomic E-state index is 5.38. The van der Waals surface area contributed by atoms with Crippen LogP contribution in [0.4, 0.5) is 0 Å². The van der Waals surface area contributed by atoms with E-state index in [9.17, 15) is 0 Å². The van der Waals surface area contributed by atoms with Gasteiger partial charge in [0.1, 0.15) is 0 Å². The largest absolute Gasteiger partial charge is 0.356 e. The zero-order valence-corrected chi connectivity index (χ0v) is 12.4. The minimum atomic E-state index is -0.138. The van der Waals surface area contributed by atoms with Crippen molar-refractivity contribution < 1.29 is 9.47 Å². The topological polar surface area (TPSA) is 39.2 Å². The van der Waals surface area contributed by atoms with Crippen molar-refractivity contribution in [3.05, 3.63) is 28.5 Å². The number of benzene rings is 1. The highest BCUT2D eigenvalue weighted by Gasteiger charge is 2.07. The van der Waals surface area contributed by atoms with Gasteiger partial charge < -0.3 is 19.0 Å². The van der Waals surface area contributed by atoms with E-state index < -0.39 is 0 Å². The summed E-state index contributed by atoms with van der Waals surface area (Å²) in [6.07, 6.45) is 1.68. The third kappa shape index (κ3) is 3.23. The van der Waals surface area contributed by atoms with Crippen molar-refractivity contribution in [3.8, 4) is 0 Å². The maximum Gasteiger partial charge on any atom is 0.178 e. The molecule has 19 heavy (non-hydrogen) atoms. The molecule has 1 heterocycles. The Kier molecular flexibility index (Phi) is 4.74. The van der Waals surface area contributed by atoms with Crippen LogP contribution in [0.2, 0.25) is 0 Å². The minimum absolute atomic E-state index is 0.138. The molecule has 0 atom stereocenters. The molecule has 104 valence electrons. The maximum absolute atomic E-state index is 5.38. The van der Waals surface area contributed by atoms with Crippen molar-refractivity contribution >= 4 is 23.3 Å². The Morgan fingerprint density at radius 1 is 1.32 bits per heavy atom. The highest BCUT2D eigenvalue weighted by molar-refractivity contribution is 7.71. The lowest BCUT2D eigenvalue weighted by Gasteiger charge is -2.13. The van der Waals surface area contributed by atoms with Crippen molar-refractivity contribution in [2.24, 2.45) is 0 Å². The van der Waals surface area contributed by atoms with E-state index in [4.69, 9.17) is 21.7 Å². The normalized spacial score (nSPS) is 11.6. The number of fused-ring (bicyclic) bond motifs is 1. The van der Waals surface area contributed by atoms with E-state index in [1.54, 1.807) is 14.2 Å². The number of hydrogen-bond donors (Lipinski definition) is 1. The van der Waals surface area contributed by atoms with Crippen molar-refractivity contribution in [3.63, 3.8) is 0 Å². The monoisotopic (exact) mass is 280 g/mol. The summed E-state index contributed by atoms with van der Waals surface area (Å²) in [5, 5.41) is 0. The second kappa shape index (κ2) is 6.32. The fourth-order valence-electron chi connectivity index (χ4n) is 2.23. The number of aromatic nitrogens is 2. The second-order valence-corrected chi connectivity index (χ2v) is 5.03. The Labute approximate surface area is 118 Å². The number of imidazole rings is 1. The Balaban J connectivity index is 2.14. The third-order valence-electron chi connectivity index (χ3n) is 3.28. The first-order chi connectivity index (χ1) is 9.15. The van der Waals surface area contributed by atoms with E-state index in [-0.39, 0.29) is 6.29 Å². The molecule has 4 nitrogen and oxygen atoms in total. The summed E-state index contributed by atoms with van der Waals surface area (Å²) in [5.41, 5.74) is 3.49. The lowest BCUT2D eigenvalue weighted by molar-refractivity contribution is -0.107. The number of ether oxygens (including phenoxy) is 2. The molecule has 0 amide bonds. The van der Waals surface area contributed by atoms with Gasteiger partial charge >= 0.3 is 0 Å². The first-order valence-corrected chi connectivity index (χ1v) is 6.81. The number of H-pyrrole nitrogens is 1. The highest BCUT2D eigenvalue weighted by Crippen LogP contribution is 2.17. The van der Waals surface area contributed by atoms with Crippen molar-refractivity contribution in [2.75, 3.05) is 14.2 Å². The van der Waals surface area contributed by atoms with E-state index in [1.165, 1.54) is 5.56 Å². The molecule has 2 rings (SSSR count). The lowest BCUT2D eigenvalue weighted by Crippen LogP contribution is -2.13. The Morgan fingerprint density at radius 2 is 2.05 bits per heavy atom. The lowest BCUT2D eigenvalue weighted by atomic mass is 10.2. The quantitative estimate of drug-likeness (QED) is 0.651. The van der Waals surface area contributed by atoms with Crippen LogP contribution in [0, 0.1) is 11.7 Å². The molecule has 0 aliphatic carbocycles. The van der Waals surface area contributed by atoms with Gasteiger partial charge in [0.05, 0.1) is 11.0 Å². The van der Waals surface area contributed by atoms with Crippen LogP contribution in [0.25, 0.3) is 11.0 Å². The fraction of sp³-hybridized carbons (Fsp3) is 0.500. The molecule has 1 aromatic carbocycles. The van der Waals surface area contributed by atoms with Gasteiger partial charge in [-0.1, -0.05) is 6.07 Å². The fourth-order valence-corrected chi connectivity index (χ4v) is 2.53. The molecule has 5 heteroatoms. The molecule has 0 aliphatic heterocycles. The molecular weight excluding hydrogens is 260 g/mol. The molecule has 1 aromatic heterocycles. The van der Waals surface area contributed by atoms with E-state index in [0.29, 0.717) is 0 Å². The van der Waals surface area contributed by atoms with Crippen LogP contribution in [0.5, 0.6) is 0 Å². The minimum Gasteiger partial charge on any atom is -0.356 e. The standard InChI is InChI=1S/C14H20N2O2S/c1-10-6-7-11-12(9-10)16(14(19)15-11)8-4-5-13(17-2)18-3/h6-7,9,13H,4-5,8H2,1-3H3,(H,15,19). The Morgan fingerprint density at radius 3 is 2.74 bits per heavy atom. The number of aromatic amines is 1. The van der Waals surface area contributed by atoms with Crippen LogP contribution in [0.3, 0.4) is 0 Å². The average Bonchev–Trinajstić information content (AvgIpc) is 2.71. The van der Waals surface area contributed by atoms with E-state index in [1.807, 2.05) is 0 Å². The van der Waals surface area contributed by atoms with Crippen LogP contribution in [0.15, 0.2) is 18.2 Å². The molecule has 1 N–H and O–H groups in total. The first-order valence-electron chi connectivity index (χ1n) is 6.40. The number of aryl methyl sites for hydroxylation is 2. The number of methoxy groups -OCH3 is 2. The molecule has 0 spiro atoms. The predicted octanol–water partition coefficient (Wildman–Crippen LogP) is 3.41. The summed E-state index contributed by atoms with van der Waals surface area (Å²) in [4.78, 5) is 3.24. The summed E-state index contributed by atoms with van der Waals surface area (Å²) in [6.45, 7) is 2.96. The molecule has 2 aromatic rings. The van der Waals surface area contributed by atoms with Gasteiger partial charge in [0.25, 0.3) is 0 Å². The van der Waals surface area contributed by atoms with Gasteiger partial charge in [-0.2, -0.15) is 0 Å². The molecule has 0 radical (unpaired) electrons. The molecule has 0 aliphatic rings. The summed E-state index contributed by atoms with van der Waals surface area (Å²) in [5.74, 6) is 0. The molecule has 0 bridgehead atoms. The third-order valence-corrected chi connectivity index (χ3v) is 3.60. The van der Waals surface area contributed by atoms with E-state index in [2.05, 4.69) is 34.7 Å². The predicted molar refractivity (Wildman–Crippen MR) is 78.9 cm³/mol.